The van der Waals surface area contributed by atoms with Crippen LogP contribution in [0, 0.1) is 5.41 Å². The van der Waals surface area contributed by atoms with Crippen molar-refractivity contribution in [2.45, 2.75) is 57.2 Å². The number of fused-ring (bicyclic) bond motifs is 1. The highest BCUT2D eigenvalue weighted by Gasteiger charge is 2.45. The Kier molecular flexibility index (Phi) is 4.52. The maximum absolute atomic E-state index is 13.0. The summed E-state index contributed by atoms with van der Waals surface area (Å²) in [5, 5.41) is 2.22. The van der Waals surface area contributed by atoms with Crippen molar-refractivity contribution in [3.8, 4) is 0 Å². The number of likely N-dealkylation sites (tertiary alicyclic amines) is 1. The summed E-state index contributed by atoms with van der Waals surface area (Å²) in [5.41, 5.74) is 8.27. The molecule has 2 saturated heterocycles. The van der Waals surface area contributed by atoms with E-state index < -0.39 is 23.8 Å². The van der Waals surface area contributed by atoms with Gasteiger partial charge in [-0.25, -0.2) is 0 Å². The molecule has 1 aromatic rings. The minimum absolute atomic E-state index is 0.117. The van der Waals surface area contributed by atoms with E-state index in [-0.39, 0.29) is 24.8 Å². The summed E-state index contributed by atoms with van der Waals surface area (Å²) >= 11 is 0. The van der Waals surface area contributed by atoms with Gasteiger partial charge in [0.25, 0.3) is 11.8 Å². The quantitative estimate of drug-likeness (QED) is 0.713. The Morgan fingerprint density at radius 3 is 2.57 bits per heavy atom. The minimum Gasteiger partial charge on any atom is -0.327 e. The molecule has 8 heteroatoms. The highest BCUT2D eigenvalue weighted by molar-refractivity contribution is 6.23. The van der Waals surface area contributed by atoms with E-state index in [2.05, 4.69) is 10.2 Å². The van der Waals surface area contributed by atoms with Crippen molar-refractivity contribution < 1.29 is 19.2 Å². The standard InChI is InChI=1S/C22H26N4O4/c23-14-9-22(6-1-7-22)12-25(11-14)10-13-2-3-15-16(8-13)21(30)26(20(15)29)17-4-5-18(27)24-19(17)28/h2-3,8,14,17H,1,4-7,9-12,23H2,(H,24,27,28). The van der Waals surface area contributed by atoms with Gasteiger partial charge in [0.2, 0.25) is 11.8 Å². The fourth-order valence-corrected chi connectivity index (χ4v) is 5.59. The van der Waals surface area contributed by atoms with Crippen LogP contribution < -0.4 is 11.1 Å². The third kappa shape index (κ3) is 3.15. The highest BCUT2D eigenvalue weighted by Crippen LogP contribution is 2.47. The van der Waals surface area contributed by atoms with E-state index >= 15 is 0 Å². The number of piperidine rings is 2. The van der Waals surface area contributed by atoms with E-state index in [9.17, 15) is 19.2 Å². The van der Waals surface area contributed by atoms with E-state index in [0.717, 1.165) is 30.0 Å². The first-order valence-corrected chi connectivity index (χ1v) is 10.7. The Bertz CT molecular complexity index is 954. The molecule has 3 fully saturated rings. The number of carbonyl (C=O) groups excluding carboxylic acids is 4. The van der Waals surface area contributed by atoms with Crippen molar-refractivity contribution in [3.05, 3.63) is 34.9 Å². The van der Waals surface area contributed by atoms with Gasteiger partial charge < -0.3 is 5.73 Å². The Balaban J connectivity index is 1.35. The molecule has 158 valence electrons. The molecule has 0 aromatic heterocycles. The fraction of sp³-hybridized carbons (Fsp3) is 0.545. The van der Waals surface area contributed by atoms with Crippen LogP contribution in [0.5, 0.6) is 0 Å². The lowest BCUT2D eigenvalue weighted by molar-refractivity contribution is -0.136. The summed E-state index contributed by atoms with van der Waals surface area (Å²) in [6.45, 7) is 2.53. The van der Waals surface area contributed by atoms with Crippen LogP contribution in [0.3, 0.4) is 0 Å². The molecule has 2 unspecified atom stereocenters. The second-order valence-corrected chi connectivity index (χ2v) is 9.31. The SMILES string of the molecule is NC1CN(Cc2ccc3c(c2)C(=O)N(C2CCC(=O)NC2=O)C3=O)CC2(CCC2)C1. The number of hydrogen-bond acceptors (Lipinski definition) is 6. The molecule has 30 heavy (non-hydrogen) atoms. The van der Waals surface area contributed by atoms with E-state index in [1.54, 1.807) is 12.1 Å². The molecule has 2 atom stereocenters. The molecule has 5 rings (SSSR count). The largest absolute Gasteiger partial charge is 0.327 e. The van der Waals surface area contributed by atoms with Gasteiger partial charge in [-0.3, -0.25) is 34.3 Å². The fourth-order valence-electron chi connectivity index (χ4n) is 5.59. The lowest BCUT2D eigenvalue weighted by atomic mass is 9.63. The molecular formula is C22H26N4O4. The second kappa shape index (κ2) is 6.99. The van der Waals surface area contributed by atoms with Gasteiger partial charge >= 0.3 is 0 Å². The molecule has 0 bridgehead atoms. The van der Waals surface area contributed by atoms with E-state index in [4.69, 9.17) is 5.73 Å². The minimum atomic E-state index is -0.933. The zero-order valence-electron chi connectivity index (χ0n) is 16.9. The van der Waals surface area contributed by atoms with Crippen molar-refractivity contribution in [1.29, 1.82) is 0 Å². The Morgan fingerprint density at radius 1 is 1.10 bits per heavy atom. The van der Waals surface area contributed by atoms with E-state index in [1.165, 1.54) is 19.3 Å². The van der Waals surface area contributed by atoms with Crippen molar-refractivity contribution in [1.82, 2.24) is 15.1 Å². The Hall–Kier alpha value is -2.58. The van der Waals surface area contributed by atoms with Gasteiger partial charge in [-0.2, -0.15) is 0 Å². The molecule has 1 aromatic carbocycles. The average Bonchev–Trinajstić information content (AvgIpc) is 2.91. The first-order valence-electron chi connectivity index (χ1n) is 10.7. The predicted octanol–water partition coefficient (Wildman–Crippen LogP) is 0.791. The smallest absolute Gasteiger partial charge is 0.262 e. The number of benzene rings is 1. The normalized spacial score (nSPS) is 28.5. The van der Waals surface area contributed by atoms with Gasteiger partial charge in [-0.1, -0.05) is 12.5 Å². The summed E-state index contributed by atoms with van der Waals surface area (Å²) in [4.78, 5) is 52.8. The topological polar surface area (TPSA) is 113 Å². The van der Waals surface area contributed by atoms with Crippen LogP contribution in [-0.2, 0) is 16.1 Å². The maximum Gasteiger partial charge on any atom is 0.262 e. The average molecular weight is 410 g/mol. The molecular weight excluding hydrogens is 384 g/mol. The number of hydrogen-bond donors (Lipinski definition) is 2. The number of imide groups is 2. The molecule has 4 aliphatic rings. The van der Waals surface area contributed by atoms with Gasteiger partial charge in [0, 0.05) is 32.1 Å². The summed E-state index contributed by atoms with van der Waals surface area (Å²) in [5.74, 6) is -1.89. The number of nitrogens with zero attached hydrogens (tertiary/aromatic N) is 2. The van der Waals surface area contributed by atoms with Crippen LogP contribution in [0.4, 0.5) is 0 Å². The zero-order chi connectivity index (χ0) is 21.0. The van der Waals surface area contributed by atoms with Crippen LogP contribution in [0.2, 0.25) is 0 Å². The third-order valence-corrected chi connectivity index (χ3v) is 7.07. The first kappa shape index (κ1) is 19.4. The molecule has 1 aliphatic carbocycles. The Morgan fingerprint density at radius 2 is 1.87 bits per heavy atom. The van der Waals surface area contributed by atoms with E-state index in [1.807, 2.05) is 6.07 Å². The molecule has 0 radical (unpaired) electrons. The third-order valence-electron chi connectivity index (χ3n) is 7.07. The van der Waals surface area contributed by atoms with Crippen molar-refractivity contribution in [2.24, 2.45) is 11.1 Å². The summed E-state index contributed by atoms with van der Waals surface area (Å²) in [6, 6.07) is 4.57. The van der Waals surface area contributed by atoms with Gasteiger partial charge in [0.15, 0.2) is 0 Å². The first-order chi connectivity index (χ1) is 14.3. The maximum atomic E-state index is 13.0. The number of rotatable bonds is 3. The monoisotopic (exact) mass is 410 g/mol. The Labute approximate surface area is 174 Å². The number of amides is 4. The van der Waals surface area contributed by atoms with Gasteiger partial charge in [0.05, 0.1) is 11.1 Å². The van der Waals surface area contributed by atoms with Crippen molar-refractivity contribution in [3.63, 3.8) is 0 Å². The summed E-state index contributed by atoms with van der Waals surface area (Å²) in [7, 11) is 0. The lowest BCUT2D eigenvalue weighted by Crippen LogP contribution is -2.54. The van der Waals surface area contributed by atoms with Crippen LogP contribution >= 0.6 is 0 Å². The predicted molar refractivity (Wildman–Crippen MR) is 107 cm³/mol. The number of nitrogens with one attached hydrogen (secondary N) is 1. The molecule has 1 spiro atoms. The lowest BCUT2D eigenvalue weighted by Gasteiger charge is -2.51. The van der Waals surface area contributed by atoms with Crippen molar-refractivity contribution >= 4 is 23.6 Å². The van der Waals surface area contributed by atoms with Crippen molar-refractivity contribution in [2.75, 3.05) is 13.1 Å². The van der Waals surface area contributed by atoms with Gasteiger partial charge in [-0.05, 0) is 48.8 Å². The highest BCUT2D eigenvalue weighted by atomic mass is 16.2. The number of nitrogens with two attached hydrogens (primary N) is 1. The molecule has 8 nitrogen and oxygen atoms in total. The molecule has 1 saturated carbocycles. The number of carbonyl (C=O) groups is 4. The van der Waals surface area contributed by atoms with E-state index in [0.29, 0.717) is 23.1 Å². The van der Waals surface area contributed by atoms with Gasteiger partial charge in [-0.15, -0.1) is 0 Å². The second-order valence-electron chi connectivity index (χ2n) is 9.31. The molecule has 3 heterocycles. The molecule has 3 aliphatic heterocycles. The molecule has 4 amide bonds. The van der Waals surface area contributed by atoms with Crippen LogP contribution in [0.1, 0.15) is 64.8 Å². The summed E-state index contributed by atoms with van der Waals surface area (Å²) in [6.07, 6.45) is 5.10. The van der Waals surface area contributed by atoms with Crippen LogP contribution in [0.25, 0.3) is 0 Å². The van der Waals surface area contributed by atoms with Crippen LogP contribution in [0.15, 0.2) is 18.2 Å². The van der Waals surface area contributed by atoms with Gasteiger partial charge in [0.1, 0.15) is 6.04 Å². The molecule has 3 N–H and O–H groups in total. The zero-order valence-corrected chi connectivity index (χ0v) is 16.9. The van der Waals surface area contributed by atoms with Crippen LogP contribution in [-0.4, -0.2) is 58.6 Å². The summed E-state index contributed by atoms with van der Waals surface area (Å²) < 4.78 is 0.